The van der Waals surface area contributed by atoms with Crippen molar-refractivity contribution in [1.82, 2.24) is 9.97 Å². The average Bonchev–Trinajstić information content (AvgIpc) is 2.77. The number of ether oxygens (including phenoxy) is 1. The highest BCUT2D eigenvalue weighted by Gasteiger charge is 2.17. The monoisotopic (exact) mass is 437 g/mol. The highest BCUT2D eigenvalue weighted by Crippen LogP contribution is 2.37. The molecular formula is C23H17ClFN3O3. The second kappa shape index (κ2) is 8.57. The van der Waals surface area contributed by atoms with Crippen LogP contribution in [0.5, 0.6) is 11.6 Å². The molecule has 0 radical (unpaired) electrons. The second-order valence-corrected chi connectivity index (χ2v) is 7.25. The van der Waals surface area contributed by atoms with Gasteiger partial charge in [0.15, 0.2) is 0 Å². The molecule has 156 valence electrons. The van der Waals surface area contributed by atoms with Crippen molar-refractivity contribution in [3.8, 4) is 11.6 Å². The van der Waals surface area contributed by atoms with Crippen LogP contribution in [0.15, 0.2) is 67.0 Å². The summed E-state index contributed by atoms with van der Waals surface area (Å²) < 4.78 is 19.1. The van der Waals surface area contributed by atoms with Crippen LogP contribution in [-0.2, 0) is 0 Å². The summed E-state index contributed by atoms with van der Waals surface area (Å²) in [6.45, 7) is 1.93. The summed E-state index contributed by atoms with van der Waals surface area (Å²) in [4.78, 5) is 19.8. The van der Waals surface area contributed by atoms with Crippen molar-refractivity contribution in [2.45, 2.75) is 13.0 Å². The Bertz CT molecular complexity index is 1250. The Morgan fingerprint density at radius 1 is 1.10 bits per heavy atom. The topological polar surface area (TPSA) is 84.3 Å². The molecule has 0 saturated heterocycles. The van der Waals surface area contributed by atoms with E-state index in [1.165, 1.54) is 30.5 Å². The number of fused-ring (bicyclic) bond motifs is 1. The lowest BCUT2D eigenvalue weighted by Gasteiger charge is -2.18. The summed E-state index contributed by atoms with van der Waals surface area (Å²) >= 11 is 6.35. The number of nitrogens with zero attached hydrogens (tertiary/aromatic N) is 2. The first-order valence-corrected chi connectivity index (χ1v) is 9.76. The number of pyridine rings is 2. The Morgan fingerprint density at radius 3 is 2.48 bits per heavy atom. The molecular weight excluding hydrogens is 421 g/mol. The molecule has 0 bridgehead atoms. The smallest absolute Gasteiger partial charge is 0.335 e. The van der Waals surface area contributed by atoms with Crippen molar-refractivity contribution in [2.75, 3.05) is 5.32 Å². The molecule has 8 heteroatoms. The van der Waals surface area contributed by atoms with Crippen LogP contribution in [0.1, 0.15) is 28.9 Å². The molecule has 0 unspecified atom stereocenters. The zero-order valence-electron chi connectivity index (χ0n) is 16.3. The van der Waals surface area contributed by atoms with E-state index in [9.17, 15) is 9.18 Å². The van der Waals surface area contributed by atoms with Gasteiger partial charge in [-0.1, -0.05) is 23.7 Å². The Morgan fingerprint density at radius 2 is 1.81 bits per heavy atom. The molecule has 4 aromatic rings. The molecule has 0 fully saturated rings. The second-order valence-electron chi connectivity index (χ2n) is 6.84. The van der Waals surface area contributed by atoms with Crippen LogP contribution in [0.3, 0.4) is 0 Å². The number of anilines is 1. The number of rotatable bonds is 6. The summed E-state index contributed by atoms with van der Waals surface area (Å²) in [5.41, 5.74) is 1.09. The van der Waals surface area contributed by atoms with Crippen LogP contribution in [0, 0.1) is 5.82 Å². The van der Waals surface area contributed by atoms with Crippen molar-refractivity contribution in [3.05, 3.63) is 89.0 Å². The van der Waals surface area contributed by atoms with Crippen molar-refractivity contribution >= 4 is 34.2 Å². The van der Waals surface area contributed by atoms with Crippen LogP contribution in [-0.4, -0.2) is 21.0 Å². The molecule has 2 heterocycles. The molecule has 2 aromatic carbocycles. The number of halogens is 2. The predicted octanol–water partition coefficient (Wildman–Crippen LogP) is 6.09. The van der Waals surface area contributed by atoms with E-state index in [4.69, 9.17) is 21.4 Å². The minimum Gasteiger partial charge on any atom is -0.478 e. The molecule has 2 N–H and O–H groups in total. The van der Waals surface area contributed by atoms with Gasteiger partial charge in [-0.3, -0.25) is 0 Å². The number of aromatic carboxylic acids is 1. The summed E-state index contributed by atoms with van der Waals surface area (Å²) in [5.74, 6) is -0.154. The number of nitrogens with one attached hydrogen (secondary N) is 1. The first-order chi connectivity index (χ1) is 14.9. The lowest BCUT2D eigenvalue weighted by atomic mass is 10.1. The van der Waals surface area contributed by atoms with Crippen molar-refractivity contribution in [2.24, 2.45) is 0 Å². The minimum absolute atomic E-state index is 0.196. The zero-order valence-corrected chi connectivity index (χ0v) is 17.1. The molecule has 4 rings (SSSR count). The van der Waals surface area contributed by atoms with Gasteiger partial charge in [0, 0.05) is 23.8 Å². The van der Waals surface area contributed by atoms with Gasteiger partial charge in [-0.25, -0.2) is 19.2 Å². The fraction of sp³-hybridized carbons (Fsp3) is 0.0870. The number of carboxylic acids is 1. The van der Waals surface area contributed by atoms with Gasteiger partial charge < -0.3 is 15.2 Å². The van der Waals surface area contributed by atoms with E-state index in [1.54, 1.807) is 36.5 Å². The van der Waals surface area contributed by atoms with E-state index >= 15 is 0 Å². The Balaban J connectivity index is 1.70. The van der Waals surface area contributed by atoms with Crippen LogP contribution >= 0.6 is 11.6 Å². The van der Waals surface area contributed by atoms with Gasteiger partial charge >= 0.3 is 5.97 Å². The summed E-state index contributed by atoms with van der Waals surface area (Å²) in [6.07, 6.45) is 3.11. The van der Waals surface area contributed by atoms with E-state index in [2.05, 4.69) is 15.3 Å². The summed E-state index contributed by atoms with van der Waals surface area (Å²) in [7, 11) is 0. The van der Waals surface area contributed by atoms with E-state index in [0.29, 0.717) is 27.4 Å². The predicted molar refractivity (Wildman–Crippen MR) is 116 cm³/mol. The maximum atomic E-state index is 13.2. The summed E-state index contributed by atoms with van der Waals surface area (Å²) in [6, 6.07) is 13.8. The quantitative estimate of drug-likeness (QED) is 0.380. The van der Waals surface area contributed by atoms with Gasteiger partial charge in [-0.05, 0) is 55.0 Å². The van der Waals surface area contributed by atoms with Gasteiger partial charge in [0.25, 0.3) is 0 Å². The molecule has 0 aliphatic heterocycles. The van der Waals surface area contributed by atoms with Gasteiger partial charge in [0.05, 0.1) is 16.0 Å². The van der Waals surface area contributed by atoms with E-state index in [-0.39, 0.29) is 23.3 Å². The number of hydrogen-bond donors (Lipinski definition) is 2. The largest absolute Gasteiger partial charge is 0.478 e. The molecule has 6 nitrogen and oxygen atoms in total. The Kier molecular flexibility index (Phi) is 5.68. The molecule has 0 spiro atoms. The maximum absolute atomic E-state index is 13.2. The zero-order chi connectivity index (χ0) is 22.0. The lowest BCUT2D eigenvalue weighted by molar-refractivity contribution is 0.0697. The van der Waals surface area contributed by atoms with Crippen molar-refractivity contribution in [3.63, 3.8) is 0 Å². The standard InChI is InChI=1S/C23H17ClFN3O3/c1-13(14-2-4-15(5-3-14)23(29)30)28-21-20-18(19(24)12-27-21)10-11-26-22(20)31-17-8-6-16(25)7-9-17/h2-13H,1H3,(H,27,28)(H,29,30)/t13-/m0/s1. The molecule has 0 amide bonds. The molecule has 0 aliphatic carbocycles. The van der Waals surface area contributed by atoms with Gasteiger partial charge in [-0.2, -0.15) is 0 Å². The number of benzene rings is 2. The van der Waals surface area contributed by atoms with E-state index in [0.717, 1.165) is 5.56 Å². The molecule has 1 atom stereocenters. The molecule has 2 aromatic heterocycles. The Hall–Kier alpha value is -3.71. The number of carbonyl (C=O) groups is 1. The summed E-state index contributed by atoms with van der Waals surface area (Å²) in [5, 5.41) is 14.1. The number of hydrogen-bond acceptors (Lipinski definition) is 5. The normalized spacial score (nSPS) is 11.8. The highest BCUT2D eigenvalue weighted by molar-refractivity contribution is 6.36. The van der Waals surface area contributed by atoms with Crippen LogP contribution in [0.4, 0.5) is 10.2 Å². The van der Waals surface area contributed by atoms with Gasteiger partial charge in [0.1, 0.15) is 17.4 Å². The minimum atomic E-state index is -0.980. The van der Waals surface area contributed by atoms with E-state index in [1.807, 2.05) is 6.92 Å². The Labute approximate surface area is 182 Å². The number of carboxylic acid groups (broad SMARTS) is 1. The average molecular weight is 438 g/mol. The molecule has 0 saturated carbocycles. The third kappa shape index (κ3) is 4.41. The third-order valence-electron chi connectivity index (χ3n) is 4.76. The number of aromatic nitrogens is 2. The highest BCUT2D eigenvalue weighted by atomic mass is 35.5. The van der Waals surface area contributed by atoms with E-state index < -0.39 is 5.97 Å². The van der Waals surface area contributed by atoms with Gasteiger partial charge in [0.2, 0.25) is 5.88 Å². The maximum Gasteiger partial charge on any atom is 0.335 e. The van der Waals surface area contributed by atoms with Crippen molar-refractivity contribution in [1.29, 1.82) is 0 Å². The first-order valence-electron chi connectivity index (χ1n) is 9.39. The fourth-order valence-electron chi connectivity index (χ4n) is 3.13. The molecule has 31 heavy (non-hydrogen) atoms. The fourth-order valence-corrected chi connectivity index (χ4v) is 3.34. The first kappa shape index (κ1) is 20.6. The SMILES string of the molecule is C[C@H](Nc1ncc(Cl)c2ccnc(Oc3ccc(F)cc3)c12)c1ccc(C(=O)O)cc1. The lowest BCUT2D eigenvalue weighted by Crippen LogP contribution is -2.09. The van der Waals surface area contributed by atoms with Crippen LogP contribution in [0.2, 0.25) is 5.02 Å². The molecule has 0 aliphatic rings. The van der Waals surface area contributed by atoms with Crippen LogP contribution < -0.4 is 10.1 Å². The van der Waals surface area contributed by atoms with Gasteiger partial charge in [-0.15, -0.1) is 0 Å². The van der Waals surface area contributed by atoms with Crippen molar-refractivity contribution < 1.29 is 19.0 Å². The third-order valence-corrected chi connectivity index (χ3v) is 5.06. The van der Waals surface area contributed by atoms with Crippen LogP contribution in [0.25, 0.3) is 10.8 Å².